The zero-order valence-electron chi connectivity index (χ0n) is 6.62. The van der Waals surface area contributed by atoms with Gasteiger partial charge in [-0.05, 0) is 0 Å². The SMILES string of the molecule is [H-].[H-].[H-].[H-].[Mg+2].[Mg+2].[Zn].[Zr]. The van der Waals surface area contributed by atoms with Gasteiger partial charge in [-0.1, -0.05) is 0 Å². The van der Waals surface area contributed by atoms with E-state index in [1.165, 1.54) is 0 Å². The van der Waals surface area contributed by atoms with Crippen molar-refractivity contribution in [2.75, 3.05) is 0 Å². The minimum Gasteiger partial charge on any atom is -1.00 e. The fourth-order valence-electron chi connectivity index (χ4n) is 0. The van der Waals surface area contributed by atoms with E-state index in [2.05, 4.69) is 0 Å². The molecule has 0 bridgehead atoms. The standard InChI is InChI=1S/2Mg.Zn.Zr.4H/q2*+2;;;4*-1. The Hall–Kier alpha value is 3.04. The first-order valence-electron chi connectivity index (χ1n) is 0. The summed E-state index contributed by atoms with van der Waals surface area (Å²) in [6, 6.07) is 0. The molecular formula is H4Mg2ZnZr. The zero-order valence-corrected chi connectivity index (χ0v) is 10.9. The maximum absolute atomic E-state index is 0. The van der Waals surface area contributed by atoms with E-state index in [0.29, 0.717) is 0 Å². The maximum atomic E-state index is 0. The van der Waals surface area contributed by atoms with Crippen LogP contribution >= 0.6 is 0 Å². The quantitative estimate of drug-likeness (QED) is 0.480. The van der Waals surface area contributed by atoms with Crippen LogP contribution in [0.5, 0.6) is 0 Å². The van der Waals surface area contributed by atoms with E-state index in [4.69, 9.17) is 0 Å². The Labute approximate surface area is 96.0 Å². The van der Waals surface area contributed by atoms with Gasteiger partial charge < -0.3 is 5.71 Å². The second-order valence-corrected chi connectivity index (χ2v) is 0. The molecule has 0 radical (unpaired) electrons. The van der Waals surface area contributed by atoms with Crippen LogP contribution in [0.25, 0.3) is 0 Å². The van der Waals surface area contributed by atoms with Crippen LogP contribution in [-0.4, -0.2) is 46.1 Å². The summed E-state index contributed by atoms with van der Waals surface area (Å²) in [5.74, 6) is 0. The molecule has 0 fully saturated rings. The van der Waals surface area contributed by atoms with E-state index in [-0.39, 0.29) is 97.5 Å². The zero-order chi connectivity index (χ0) is 0. The van der Waals surface area contributed by atoms with Crippen LogP contribution in [0.2, 0.25) is 0 Å². The molecule has 0 atom stereocenters. The topological polar surface area (TPSA) is 0 Å². The molecule has 0 rings (SSSR count). The van der Waals surface area contributed by atoms with Crippen LogP contribution in [0.3, 0.4) is 0 Å². The van der Waals surface area contributed by atoms with Crippen LogP contribution in [0.1, 0.15) is 5.71 Å². The smallest absolute Gasteiger partial charge is 1.00 e. The van der Waals surface area contributed by atoms with Gasteiger partial charge in [-0.3, -0.25) is 0 Å². The molecule has 0 unspecified atom stereocenters. The largest absolute Gasteiger partial charge is 2.00 e. The van der Waals surface area contributed by atoms with Gasteiger partial charge in [0.25, 0.3) is 0 Å². The summed E-state index contributed by atoms with van der Waals surface area (Å²) in [5.41, 5.74) is 0. The first-order valence-corrected chi connectivity index (χ1v) is 0. The van der Waals surface area contributed by atoms with Crippen molar-refractivity contribution in [1.29, 1.82) is 0 Å². The Kier molecular flexibility index (Phi) is 115. The Morgan fingerprint density at radius 3 is 1.00 bits per heavy atom. The molecule has 0 aromatic rings. The van der Waals surface area contributed by atoms with Crippen LogP contribution in [0.15, 0.2) is 0 Å². The molecule has 0 aliphatic carbocycles. The van der Waals surface area contributed by atoms with Crippen molar-refractivity contribution >= 4 is 46.1 Å². The third kappa shape index (κ3) is 8.90. The van der Waals surface area contributed by atoms with Gasteiger partial charge in [0.15, 0.2) is 0 Å². The molecule has 4 heavy (non-hydrogen) atoms. The maximum Gasteiger partial charge on any atom is 2.00 e. The fraction of sp³-hybridized carbons (Fsp3) is 0. The van der Waals surface area contributed by atoms with Gasteiger partial charge in [-0.2, -0.15) is 0 Å². The van der Waals surface area contributed by atoms with Gasteiger partial charge in [0.1, 0.15) is 0 Å². The monoisotopic (exact) mass is 206 g/mol. The molecule has 0 amide bonds. The summed E-state index contributed by atoms with van der Waals surface area (Å²) in [4.78, 5) is 0. The first kappa shape index (κ1) is 27.8. The summed E-state index contributed by atoms with van der Waals surface area (Å²) in [6.45, 7) is 0. The van der Waals surface area contributed by atoms with Crippen LogP contribution in [-0.2, 0) is 45.7 Å². The number of hydrogen-bond donors (Lipinski definition) is 0. The molecule has 4 heteroatoms. The van der Waals surface area contributed by atoms with Gasteiger partial charge in [0.05, 0.1) is 0 Å². The van der Waals surface area contributed by atoms with Gasteiger partial charge in [-0.25, -0.2) is 0 Å². The van der Waals surface area contributed by atoms with Crippen molar-refractivity contribution in [1.82, 2.24) is 0 Å². The summed E-state index contributed by atoms with van der Waals surface area (Å²) in [7, 11) is 0. The summed E-state index contributed by atoms with van der Waals surface area (Å²) < 4.78 is 0. The second kappa shape index (κ2) is 16.6. The predicted molar refractivity (Wildman–Crippen MR) is 16.0 cm³/mol. The van der Waals surface area contributed by atoms with Gasteiger partial charge in [0, 0.05) is 45.7 Å². The molecule has 0 N–H and O–H groups in total. The van der Waals surface area contributed by atoms with Crippen LogP contribution in [0.4, 0.5) is 0 Å². The third-order valence-electron chi connectivity index (χ3n) is 0. The van der Waals surface area contributed by atoms with Crippen molar-refractivity contribution in [2.24, 2.45) is 0 Å². The minimum atomic E-state index is 0. The number of hydrogen-bond acceptors (Lipinski definition) is 0. The van der Waals surface area contributed by atoms with Crippen LogP contribution in [0, 0.1) is 0 Å². The normalized spacial score (nSPS) is 0. The Balaban J connectivity index is 0. The molecule has 0 heterocycles. The second-order valence-electron chi connectivity index (χ2n) is 0. The molecule has 0 aliphatic rings. The Bertz CT molecular complexity index is 14.0. The summed E-state index contributed by atoms with van der Waals surface area (Å²) in [6.07, 6.45) is 0. The molecule has 14 valence electrons. The molecule has 0 saturated carbocycles. The molecule has 0 saturated heterocycles. The van der Waals surface area contributed by atoms with E-state index in [0.717, 1.165) is 0 Å². The minimum absolute atomic E-state index is 0. The van der Waals surface area contributed by atoms with Gasteiger partial charge in [-0.15, -0.1) is 0 Å². The summed E-state index contributed by atoms with van der Waals surface area (Å²) in [5, 5.41) is 0. The summed E-state index contributed by atoms with van der Waals surface area (Å²) >= 11 is 0. The van der Waals surface area contributed by atoms with Crippen LogP contribution < -0.4 is 0 Å². The molecule has 0 aromatic heterocycles. The fourth-order valence-corrected chi connectivity index (χ4v) is 0. The third-order valence-corrected chi connectivity index (χ3v) is 0. The molecular weight excluding hydrogens is 205 g/mol. The van der Waals surface area contributed by atoms with Crippen molar-refractivity contribution in [3.8, 4) is 0 Å². The first-order chi connectivity index (χ1) is 0. The molecule has 0 aromatic carbocycles. The molecule has 0 nitrogen and oxygen atoms in total. The predicted octanol–water partition coefficient (Wildman–Crippen LogP) is -0.317. The van der Waals surface area contributed by atoms with E-state index in [1.54, 1.807) is 0 Å². The van der Waals surface area contributed by atoms with Crippen molar-refractivity contribution in [3.05, 3.63) is 0 Å². The van der Waals surface area contributed by atoms with E-state index >= 15 is 0 Å². The van der Waals surface area contributed by atoms with Crippen molar-refractivity contribution in [3.63, 3.8) is 0 Å². The van der Waals surface area contributed by atoms with E-state index < -0.39 is 0 Å². The van der Waals surface area contributed by atoms with E-state index in [1.807, 2.05) is 0 Å². The Morgan fingerprint density at radius 1 is 1.00 bits per heavy atom. The molecule has 0 aliphatic heterocycles. The van der Waals surface area contributed by atoms with Gasteiger partial charge >= 0.3 is 46.1 Å². The average Bonchev–Trinajstić information content (AvgIpc) is 0. The van der Waals surface area contributed by atoms with E-state index in [9.17, 15) is 0 Å². The number of rotatable bonds is 0. The average molecular weight is 209 g/mol. The Morgan fingerprint density at radius 2 is 1.00 bits per heavy atom. The molecule has 0 spiro atoms. The van der Waals surface area contributed by atoms with Gasteiger partial charge in [0.2, 0.25) is 0 Å². The van der Waals surface area contributed by atoms with Crippen molar-refractivity contribution < 1.29 is 51.4 Å². The van der Waals surface area contributed by atoms with Crippen molar-refractivity contribution in [2.45, 2.75) is 0 Å².